The van der Waals surface area contributed by atoms with Crippen LogP contribution in [0.15, 0.2) is 23.1 Å². The Kier molecular flexibility index (Phi) is 3.98. The van der Waals surface area contributed by atoms with Gasteiger partial charge >= 0.3 is 0 Å². The lowest BCUT2D eigenvalue weighted by atomic mass is 10.0. The summed E-state index contributed by atoms with van der Waals surface area (Å²) < 4.78 is 27.8. The summed E-state index contributed by atoms with van der Waals surface area (Å²) in [6, 6.07) is 4.67. The third kappa shape index (κ3) is 3.37. The molecule has 5 N–H and O–H groups in total. The van der Waals surface area contributed by atoms with E-state index in [0.29, 0.717) is 17.3 Å². The van der Waals surface area contributed by atoms with Gasteiger partial charge in [0.25, 0.3) is 0 Å². The first kappa shape index (κ1) is 14.1. The molecule has 2 atom stereocenters. The smallest absolute Gasteiger partial charge is 0.238 e. The van der Waals surface area contributed by atoms with Crippen molar-refractivity contribution < 1.29 is 13.2 Å². The minimum Gasteiger partial charge on any atom is -0.397 e. The summed E-state index contributed by atoms with van der Waals surface area (Å²) >= 11 is 0. The first-order valence-electron chi connectivity index (χ1n) is 6.14. The van der Waals surface area contributed by atoms with Crippen LogP contribution in [0.25, 0.3) is 0 Å². The van der Waals surface area contributed by atoms with Gasteiger partial charge in [-0.1, -0.05) is 0 Å². The molecule has 106 valence electrons. The fourth-order valence-corrected chi connectivity index (χ4v) is 2.71. The summed E-state index contributed by atoms with van der Waals surface area (Å²) in [5, 5.41) is 8.35. The predicted octanol–water partition coefficient (Wildman–Crippen LogP) is 0.753. The van der Waals surface area contributed by atoms with Gasteiger partial charge in [0.15, 0.2) is 0 Å². The van der Waals surface area contributed by atoms with E-state index in [1.165, 1.54) is 12.1 Å². The van der Waals surface area contributed by atoms with Crippen molar-refractivity contribution in [2.75, 3.05) is 24.3 Å². The fraction of sp³-hybridized carbons (Fsp3) is 0.500. The number of hydrogen-bond donors (Lipinski definition) is 3. The number of ether oxygens (including phenoxy) is 1. The number of primary sulfonamides is 1. The van der Waals surface area contributed by atoms with Crippen LogP contribution >= 0.6 is 0 Å². The second-order valence-electron chi connectivity index (χ2n) is 4.85. The average Bonchev–Trinajstić information content (AvgIpc) is 2.84. The highest BCUT2D eigenvalue weighted by Crippen LogP contribution is 2.25. The maximum absolute atomic E-state index is 11.2. The van der Waals surface area contributed by atoms with E-state index in [4.69, 9.17) is 15.6 Å². The van der Waals surface area contributed by atoms with Crippen LogP contribution in [0.2, 0.25) is 0 Å². The molecule has 1 fully saturated rings. The number of nitrogens with two attached hydrogens (primary N) is 2. The van der Waals surface area contributed by atoms with Crippen LogP contribution in [0.4, 0.5) is 11.4 Å². The van der Waals surface area contributed by atoms with Crippen molar-refractivity contribution in [3.8, 4) is 0 Å². The highest BCUT2D eigenvalue weighted by atomic mass is 32.2. The average molecular weight is 285 g/mol. The second kappa shape index (κ2) is 5.36. The summed E-state index contributed by atoms with van der Waals surface area (Å²) in [4.78, 5) is 0.0207. The maximum atomic E-state index is 11.2. The lowest BCUT2D eigenvalue weighted by Crippen LogP contribution is -2.26. The molecule has 1 aliphatic rings. The van der Waals surface area contributed by atoms with Crippen LogP contribution in [-0.4, -0.2) is 27.7 Å². The number of nitrogens with one attached hydrogen (secondary N) is 1. The van der Waals surface area contributed by atoms with E-state index in [9.17, 15) is 8.42 Å². The quantitative estimate of drug-likeness (QED) is 0.708. The Morgan fingerprint density at radius 1 is 1.47 bits per heavy atom. The van der Waals surface area contributed by atoms with Crippen molar-refractivity contribution >= 4 is 21.4 Å². The standard InChI is InChI=1S/C12H19N3O3S/c1-8(9-4-5-18-7-9)15-12-3-2-10(6-11(12)13)19(14,16)17/h2-3,6,8-9,15H,4-5,7,13H2,1H3,(H2,14,16,17). The van der Waals surface area contributed by atoms with Crippen LogP contribution in [0.5, 0.6) is 0 Å². The molecule has 1 aromatic carbocycles. The molecule has 2 unspecified atom stereocenters. The van der Waals surface area contributed by atoms with Crippen molar-refractivity contribution in [1.29, 1.82) is 0 Å². The van der Waals surface area contributed by atoms with Gasteiger partial charge in [-0.05, 0) is 31.5 Å². The molecule has 0 aromatic heterocycles. The van der Waals surface area contributed by atoms with E-state index in [-0.39, 0.29) is 10.9 Å². The number of anilines is 2. The third-order valence-corrected chi connectivity index (χ3v) is 4.32. The highest BCUT2D eigenvalue weighted by Gasteiger charge is 2.22. The van der Waals surface area contributed by atoms with E-state index in [1.807, 2.05) is 0 Å². The first-order chi connectivity index (χ1) is 8.88. The summed E-state index contributed by atoms with van der Waals surface area (Å²) in [6.07, 6.45) is 1.02. The summed E-state index contributed by atoms with van der Waals surface area (Å²) in [5.74, 6) is 0.442. The van der Waals surface area contributed by atoms with Crippen LogP contribution < -0.4 is 16.2 Å². The van der Waals surface area contributed by atoms with Crippen molar-refractivity contribution in [3.05, 3.63) is 18.2 Å². The first-order valence-corrected chi connectivity index (χ1v) is 7.69. The van der Waals surface area contributed by atoms with Crippen molar-refractivity contribution in [1.82, 2.24) is 0 Å². The Morgan fingerprint density at radius 3 is 2.74 bits per heavy atom. The minimum absolute atomic E-state index is 0.0207. The largest absolute Gasteiger partial charge is 0.397 e. The number of benzene rings is 1. The Balaban J connectivity index is 2.13. The molecule has 0 spiro atoms. The Morgan fingerprint density at radius 2 is 2.21 bits per heavy atom. The van der Waals surface area contributed by atoms with Crippen LogP contribution in [0, 0.1) is 5.92 Å². The number of rotatable bonds is 4. The molecular weight excluding hydrogens is 266 g/mol. The van der Waals surface area contributed by atoms with Gasteiger partial charge in [0.1, 0.15) is 0 Å². The molecule has 0 saturated carbocycles. The third-order valence-electron chi connectivity index (χ3n) is 3.41. The lowest BCUT2D eigenvalue weighted by Gasteiger charge is -2.21. The van der Waals surface area contributed by atoms with Gasteiger partial charge in [0, 0.05) is 18.6 Å². The zero-order valence-electron chi connectivity index (χ0n) is 10.8. The van der Waals surface area contributed by atoms with Gasteiger partial charge in [-0.15, -0.1) is 0 Å². The van der Waals surface area contributed by atoms with Crippen LogP contribution in [-0.2, 0) is 14.8 Å². The fourth-order valence-electron chi connectivity index (χ4n) is 2.16. The van der Waals surface area contributed by atoms with E-state index in [0.717, 1.165) is 19.6 Å². The van der Waals surface area contributed by atoms with Gasteiger partial charge in [0.05, 0.1) is 22.9 Å². The van der Waals surface area contributed by atoms with E-state index in [1.54, 1.807) is 6.07 Å². The second-order valence-corrected chi connectivity index (χ2v) is 6.41. The SMILES string of the molecule is CC(Nc1ccc(S(N)(=O)=O)cc1N)C1CCOC1. The molecule has 0 radical (unpaired) electrons. The number of nitrogen functional groups attached to an aromatic ring is 1. The van der Waals surface area contributed by atoms with E-state index in [2.05, 4.69) is 12.2 Å². The Hall–Kier alpha value is -1.31. The normalized spacial score (nSPS) is 21.3. The molecule has 0 bridgehead atoms. The Labute approximate surface area is 113 Å². The van der Waals surface area contributed by atoms with Crippen molar-refractivity contribution in [2.24, 2.45) is 11.1 Å². The van der Waals surface area contributed by atoms with Gasteiger partial charge in [-0.3, -0.25) is 0 Å². The monoisotopic (exact) mass is 285 g/mol. The maximum Gasteiger partial charge on any atom is 0.238 e. The molecule has 0 amide bonds. The highest BCUT2D eigenvalue weighted by molar-refractivity contribution is 7.89. The number of hydrogen-bond acceptors (Lipinski definition) is 5. The molecule has 7 heteroatoms. The van der Waals surface area contributed by atoms with Gasteiger partial charge < -0.3 is 15.8 Å². The predicted molar refractivity (Wildman–Crippen MR) is 74.2 cm³/mol. The van der Waals surface area contributed by atoms with Crippen molar-refractivity contribution in [2.45, 2.75) is 24.3 Å². The lowest BCUT2D eigenvalue weighted by molar-refractivity contribution is 0.183. The van der Waals surface area contributed by atoms with E-state index < -0.39 is 10.0 Å². The molecule has 2 rings (SSSR count). The molecule has 19 heavy (non-hydrogen) atoms. The summed E-state index contributed by atoms with van der Waals surface area (Å²) in [7, 11) is -3.71. The molecule has 0 aliphatic carbocycles. The zero-order valence-corrected chi connectivity index (χ0v) is 11.6. The van der Waals surface area contributed by atoms with Crippen molar-refractivity contribution in [3.63, 3.8) is 0 Å². The molecule has 1 aromatic rings. The summed E-state index contributed by atoms with van der Waals surface area (Å²) in [6.45, 7) is 3.59. The molecule has 1 aliphatic heterocycles. The van der Waals surface area contributed by atoms with Gasteiger partial charge in [-0.2, -0.15) is 0 Å². The molecule has 6 nitrogen and oxygen atoms in total. The minimum atomic E-state index is -3.71. The zero-order chi connectivity index (χ0) is 14.0. The van der Waals surface area contributed by atoms with Crippen LogP contribution in [0.3, 0.4) is 0 Å². The molecule has 1 heterocycles. The topological polar surface area (TPSA) is 107 Å². The number of sulfonamides is 1. The molecular formula is C12H19N3O3S. The van der Waals surface area contributed by atoms with Crippen LogP contribution in [0.1, 0.15) is 13.3 Å². The summed E-state index contributed by atoms with van der Waals surface area (Å²) in [5.41, 5.74) is 6.94. The molecule has 1 saturated heterocycles. The van der Waals surface area contributed by atoms with E-state index >= 15 is 0 Å². The van der Waals surface area contributed by atoms with Gasteiger partial charge in [-0.25, -0.2) is 13.6 Å². The Bertz CT molecular complexity index is 553. The van der Waals surface area contributed by atoms with Gasteiger partial charge in [0.2, 0.25) is 10.0 Å².